The van der Waals surface area contributed by atoms with E-state index < -0.39 is 11.5 Å². The number of rotatable bonds is 6. The second-order valence-electron chi connectivity index (χ2n) is 5.95. The molecule has 7 nitrogen and oxygen atoms in total. The molecular formula is C17H20N4O3S2. The molecule has 0 atom stereocenters. The fourth-order valence-corrected chi connectivity index (χ4v) is 4.48. The number of carbonyl (C=O) groups is 2. The van der Waals surface area contributed by atoms with Crippen LogP contribution in [-0.2, 0) is 4.79 Å². The molecule has 0 saturated heterocycles. The third kappa shape index (κ3) is 4.53. The Balaban J connectivity index is 1.89. The number of carbonyl (C=O) groups excluding carboxylic acids is 2. The Kier molecular flexibility index (Phi) is 6.10. The van der Waals surface area contributed by atoms with E-state index in [1.165, 1.54) is 35.9 Å². The number of aromatic nitrogens is 2. The van der Waals surface area contributed by atoms with E-state index in [1.54, 1.807) is 24.4 Å². The van der Waals surface area contributed by atoms with Crippen molar-refractivity contribution in [1.82, 2.24) is 9.97 Å². The van der Waals surface area contributed by atoms with Crippen molar-refractivity contribution in [3.63, 3.8) is 0 Å². The van der Waals surface area contributed by atoms with Gasteiger partial charge in [-0.15, -0.1) is 11.3 Å². The van der Waals surface area contributed by atoms with Crippen LogP contribution < -0.4 is 16.2 Å². The van der Waals surface area contributed by atoms with Gasteiger partial charge in [0.25, 0.3) is 11.5 Å². The highest BCUT2D eigenvalue weighted by Crippen LogP contribution is 2.33. The standard InChI is InChI=1S/C17H20N4O3S2/c1-2-12(22)18-14-13(19-15(23)11-8-5-9-25-11)16(24)21-17(20-14)26-10-6-3-4-7-10/h5,8-10H,2-4,6-7H2,1H3,(H,19,23)(H2,18,20,21,22,24). The predicted molar refractivity (Wildman–Crippen MR) is 104 cm³/mol. The van der Waals surface area contributed by atoms with Gasteiger partial charge >= 0.3 is 0 Å². The molecule has 0 radical (unpaired) electrons. The summed E-state index contributed by atoms with van der Waals surface area (Å²) in [6, 6.07) is 3.42. The van der Waals surface area contributed by atoms with Crippen molar-refractivity contribution in [2.24, 2.45) is 0 Å². The lowest BCUT2D eigenvalue weighted by Crippen LogP contribution is -2.24. The summed E-state index contributed by atoms with van der Waals surface area (Å²) in [6.45, 7) is 1.71. The first kappa shape index (κ1) is 18.7. The molecule has 0 aromatic carbocycles. The van der Waals surface area contributed by atoms with E-state index in [2.05, 4.69) is 20.6 Å². The van der Waals surface area contributed by atoms with E-state index in [1.807, 2.05) is 0 Å². The summed E-state index contributed by atoms with van der Waals surface area (Å²) >= 11 is 2.78. The van der Waals surface area contributed by atoms with Crippen LogP contribution in [0.3, 0.4) is 0 Å². The molecular weight excluding hydrogens is 372 g/mol. The minimum atomic E-state index is -0.475. The molecule has 2 aromatic heterocycles. The van der Waals surface area contributed by atoms with Gasteiger partial charge in [-0.2, -0.15) is 0 Å². The molecule has 1 fully saturated rings. The lowest BCUT2D eigenvalue weighted by Gasteiger charge is -2.13. The SMILES string of the molecule is CCC(=O)Nc1nc(SC2CCCC2)[nH]c(=O)c1NC(=O)c1cccs1. The first-order valence-electron chi connectivity index (χ1n) is 8.52. The molecule has 0 aliphatic heterocycles. The topological polar surface area (TPSA) is 104 Å². The summed E-state index contributed by atoms with van der Waals surface area (Å²) in [4.78, 5) is 44.2. The van der Waals surface area contributed by atoms with Crippen molar-refractivity contribution in [1.29, 1.82) is 0 Å². The van der Waals surface area contributed by atoms with Gasteiger partial charge in [-0.3, -0.25) is 19.4 Å². The molecule has 3 N–H and O–H groups in total. The summed E-state index contributed by atoms with van der Waals surface area (Å²) in [7, 11) is 0. The number of anilines is 2. The normalized spacial score (nSPS) is 14.3. The van der Waals surface area contributed by atoms with Crippen LogP contribution in [0.1, 0.15) is 48.7 Å². The van der Waals surface area contributed by atoms with Gasteiger partial charge in [-0.1, -0.05) is 37.6 Å². The van der Waals surface area contributed by atoms with Crippen LogP contribution in [0, 0.1) is 0 Å². The zero-order chi connectivity index (χ0) is 18.5. The number of hydrogen-bond donors (Lipinski definition) is 3. The van der Waals surface area contributed by atoms with Crippen LogP contribution in [-0.4, -0.2) is 27.0 Å². The number of thioether (sulfide) groups is 1. The molecule has 3 rings (SSSR count). The second-order valence-corrected chi connectivity index (χ2v) is 8.19. The number of nitrogens with one attached hydrogen (secondary N) is 3. The second kappa shape index (κ2) is 8.50. The van der Waals surface area contributed by atoms with Gasteiger partial charge in [0.05, 0.1) is 4.88 Å². The third-order valence-electron chi connectivity index (χ3n) is 4.04. The van der Waals surface area contributed by atoms with E-state index in [-0.39, 0.29) is 23.8 Å². The van der Waals surface area contributed by atoms with Crippen molar-refractivity contribution >= 4 is 46.4 Å². The number of hydrogen-bond acceptors (Lipinski definition) is 6. The zero-order valence-electron chi connectivity index (χ0n) is 14.3. The summed E-state index contributed by atoms with van der Waals surface area (Å²) < 4.78 is 0. The number of thiophene rings is 1. The lowest BCUT2D eigenvalue weighted by atomic mass is 10.3. The highest BCUT2D eigenvalue weighted by molar-refractivity contribution is 7.99. The quantitative estimate of drug-likeness (QED) is 0.653. The van der Waals surface area contributed by atoms with Gasteiger partial charge in [0, 0.05) is 11.7 Å². The average Bonchev–Trinajstić information content (AvgIpc) is 3.31. The largest absolute Gasteiger partial charge is 0.314 e. The smallest absolute Gasteiger partial charge is 0.277 e. The van der Waals surface area contributed by atoms with Crippen molar-refractivity contribution in [2.75, 3.05) is 10.6 Å². The molecule has 26 heavy (non-hydrogen) atoms. The molecule has 9 heteroatoms. The third-order valence-corrected chi connectivity index (χ3v) is 6.13. The van der Waals surface area contributed by atoms with E-state index in [0.717, 1.165) is 12.8 Å². The Morgan fingerprint density at radius 3 is 2.77 bits per heavy atom. The predicted octanol–water partition coefficient (Wildman–Crippen LogP) is 3.47. The summed E-state index contributed by atoms with van der Waals surface area (Å²) in [5, 5.41) is 7.85. The van der Waals surface area contributed by atoms with E-state index in [9.17, 15) is 14.4 Å². The number of nitrogens with zero attached hydrogens (tertiary/aromatic N) is 1. The zero-order valence-corrected chi connectivity index (χ0v) is 16.0. The highest BCUT2D eigenvalue weighted by atomic mass is 32.2. The van der Waals surface area contributed by atoms with E-state index >= 15 is 0 Å². The summed E-state index contributed by atoms with van der Waals surface area (Å²) in [5.74, 6) is -0.590. The van der Waals surface area contributed by atoms with Gasteiger partial charge in [0.2, 0.25) is 5.91 Å². The maximum Gasteiger partial charge on any atom is 0.277 e. The van der Waals surface area contributed by atoms with Gasteiger partial charge in [-0.05, 0) is 24.3 Å². The van der Waals surface area contributed by atoms with Crippen LogP contribution in [0.2, 0.25) is 0 Å². The van der Waals surface area contributed by atoms with Crippen molar-refractivity contribution < 1.29 is 9.59 Å². The summed E-state index contributed by atoms with van der Waals surface area (Å²) in [5.41, 5.74) is -0.516. The van der Waals surface area contributed by atoms with Gasteiger partial charge in [0.1, 0.15) is 0 Å². The highest BCUT2D eigenvalue weighted by Gasteiger charge is 2.21. The van der Waals surface area contributed by atoms with Gasteiger partial charge in [0.15, 0.2) is 16.7 Å². The maximum atomic E-state index is 12.5. The van der Waals surface area contributed by atoms with Crippen LogP contribution in [0.4, 0.5) is 11.5 Å². The molecule has 2 aromatic rings. The molecule has 1 saturated carbocycles. The fourth-order valence-electron chi connectivity index (χ4n) is 2.68. The molecule has 2 heterocycles. The Labute approximate surface area is 159 Å². The average molecular weight is 393 g/mol. The first-order valence-corrected chi connectivity index (χ1v) is 10.3. The monoisotopic (exact) mass is 392 g/mol. The van der Waals surface area contributed by atoms with E-state index in [0.29, 0.717) is 15.3 Å². The van der Waals surface area contributed by atoms with Crippen LogP contribution in [0.25, 0.3) is 0 Å². The maximum absolute atomic E-state index is 12.5. The molecule has 1 aliphatic rings. The Bertz CT molecular complexity index is 842. The van der Waals surface area contributed by atoms with Crippen molar-refractivity contribution in [3.8, 4) is 0 Å². The van der Waals surface area contributed by atoms with Gasteiger partial charge < -0.3 is 10.6 Å². The molecule has 1 aliphatic carbocycles. The minimum absolute atomic E-state index is 0.0408. The Morgan fingerprint density at radius 1 is 1.35 bits per heavy atom. The number of H-pyrrole nitrogens is 1. The molecule has 0 bridgehead atoms. The van der Waals surface area contributed by atoms with Crippen LogP contribution >= 0.6 is 23.1 Å². The number of aromatic amines is 1. The first-order chi connectivity index (χ1) is 12.6. The molecule has 2 amide bonds. The molecule has 0 unspecified atom stereocenters. The Hall–Kier alpha value is -2.13. The van der Waals surface area contributed by atoms with Crippen LogP contribution in [0.15, 0.2) is 27.5 Å². The van der Waals surface area contributed by atoms with Gasteiger partial charge in [-0.25, -0.2) is 4.98 Å². The molecule has 0 spiro atoms. The minimum Gasteiger partial charge on any atom is -0.314 e. The lowest BCUT2D eigenvalue weighted by molar-refractivity contribution is -0.115. The number of amides is 2. The molecule has 138 valence electrons. The van der Waals surface area contributed by atoms with Crippen LogP contribution in [0.5, 0.6) is 0 Å². The Morgan fingerprint density at radius 2 is 2.12 bits per heavy atom. The summed E-state index contributed by atoms with van der Waals surface area (Å²) in [6.07, 6.45) is 4.77. The van der Waals surface area contributed by atoms with Crippen molar-refractivity contribution in [2.45, 2.75) is 49.4 Å². The van der Waals surface area contributed by atoms with Crippen molar-refractivity contribution in [3.05, 3.63) is 32.7 Å². The van der Waals surface area contributed by atoms with E-state index in [4.69, 9.17) is 0 Å². The fraction of sp³-hybridized carbons (Fsp3) is 0.412.